The minimum atomic E-state index is 0.621. The maximum atomic E-state index is 5.02. The van der Waals surface area contributed by atoms with Gasteiger partial charge < -0.3 is 10.1 Å². The van der Waals surface area contributed by atoms with Crippen molar-refractivity contribution in [2.75, 3.05) is 19.0 Å². The van der Waals surface area contributed by atoms with Crippen molar-refractivity contribution in [3.63, 3.8) is 0 Å². The van der Waals surface area contributed by atoms with E-state index in [-0.39, 0.29) is 0 Å². The molecule has 0 amide bonds. The molecule has 3 aromatic rings. The lowest BCUT2D eigenvalue weighted by atomic mass is 10.3. The first-order valence-corrected chi connectivity index (χ1v) is 8.21. The third-order valence-electron chi connectivity index (χ3n) is 2.93. The number of ether oxygens (including phenoxy) is 1. The van der Waals surface area contributed by atoms with Crippen LogP contribution in [0.15, 0.2) is 41.1 Å². The van der Waals surface area contributed by atoms with Crippen molar-refractivity contribution in [2.45, 2.75) is 6.42 Å². The summed E-state index contributed by atoms with van der Waals surface area (Å²) < 4.78 is 12.1. The normalized spacial score (nSPS) is 10.8. The van der Waals surface area contributed by atoms with Gasteiger partial charge in [0.25, 0.3) is 0 Å². The highest BCUT2D eigenvalue weighted by atomic mass is 79.9. The summed E-state index contributed by atoms with van der Waals surface area (Å²) in [5.74, 6) is 0.785. The van der Waals surface area contributed by atoms with E-state index in [1.165, 1.54) is 11.5 Å². The molecule has 8 heteroatoms. The number of aromatic nitrogens is 4. The van der Waals surface area contributed by atoms with Crippen LogP contribution >= 0.6 is 27.5 Å². The van der Waals surface area contributed by atoms with Gasteiger partial charge in [-0.2, -0.15) is 9.47 Å². The summed E-state index contributed by atoms with van der Waals surface area (Å²) in [4.78, 5) is 4.41. The molecule has 0 aliphatic heterocycles. The molecule has 1 aromatic carbocycles. The molecule has 0 radical (unpaired) electrons. The molecule has 0 bridgehead atoms. The molecule has 0 spiro atoms. The molecule has 0 aliphatic carbocycles. The molecule has 0 fully saturated rings. The Morgan fingerprint density at radius 2 is 2.23 bits per heavy atom. The van der Waals surface area contributed by atoms with Gasteiger partial charge in [-0.1, -0.05) is 12.1 Å². The predicted molar refractivity (Wildman–Crippen MR) is 90.0 cm³/mol. The molecular formula is C14H14BrN5OS. The van der Waals surface area contributed by atoms with E-state index in [9.17, 15) is 0 Å². The summed E-state index contributed by atoms with van der Waals surface area (Å²) in [7, 11) is 1.67. The lowest BCUT2D eigenvalue weighted by Gasteiger charge is -2.03. The van der Waals surface area contributed by atoms with Gasteiger partial charge in [0.05, 0.1) is 30.4 Å². The molecular weight excluding hydrogens is 366 g/mol. The number of nitrogens with one attached hydrogen (secondary N) is 1. The minimum absolute atomic E-state index is 0.621. The van der Waals surface area contributed by atoms with Crippen molar-refractivity contribution >= 4 is 38.3 Å². The van der Waals surface area contributed by atoms with E-state index in [1.807, 2.05) is 30.5 Å². The average Bonchev–Trinajstić information content (AvgIpc) is 3.16. The molecule has 6 nitrogen and oxygen atoms in total. The van der Waals surface area contributed by atoms with Crippen LogP contribution < -0.4 is 5.32 Å². The molecule has 0 atom stereocenters. The van der Waals surface area contributed by atoms with E-state index >= 15 is 0 Å². The third kappa shape index (κ3) is 3.52. The summed E-state index contributed by atoms with van der Waals surface area (Å²) in [5.41, 5.74) is 1.85. The number of hydrogen-bond donors (Lipinski definition) is 1. The van der Waals surface area contributed by atoms with Gasteiger partial charge in [-0.3, -0.25) is 0 Å². The van der Waals surface area contributed by atoms with Gasteiger partial charge in [-0.05, 0) is 28.1 Å². The van der Waals surface area contributed by atoms with Gasteiger partial charge in [0.1, 0.15) is 5.82 Å². The highest BCUT2D eigenvalue weighted by Crippen LogP contribution is 2.23. The molecule has 0 saturated carbocycles. The van der Waals surface area contributed by atoms with Crippen LogP contribution in [-0.4, -0.2) is 32.9 Å². The fraction of sp³-hybridized carbons (Fsp3) is 0.214. The Morgan fingerprint density at radius 3 is 3.05 bits per heavy atom. The standard InChI is InChI=1S/C14H14BrN5OS/c1-21-7-6-13-18-14(22-19-13)17-10-8-16-20(9-10)12-5-3-2-4-11(12)15/h2-5,8-9H,6-7H2,1H3,(H,17,18,19). The lowest BCUT2D eigenvalue weighted by molar-refractivity contribution is 0.201. The number of halogens is 1. The van der Waals surface area contributed by atoms with Crippen molar-refractivity contribution < 1.29 is 4.74 Å². The summed E-state index contributed by atoms with van der Waals surface area (Å²) in [6.07, 6.45) is 4.39. The first kappa shape index (κ1) is 15.1. The second-order valence-corrected chi connectivity index (χ2v) is 6.11. The molecule has 0 unspecified atom stereocenters. The highest BCUT2D eigenvalue weighted by molar-refractivity contribution is 9.10. The van der Waals surface area contributed by atoms with Crippen LogP contribution in [0.4, 0.5) is 10.8 Å². The number of para-hydroxylation sites is 1. The largest absolute Gasteiger partial charge is 0.384 e. The van der Waals surface area contributed by atoms with Gasteiger partial charge in [-0.15, -0.1) is 0 Å². The van der Waals surface area contributed by atoms with Gasteiger partial charge in [0, 0.05) is 29.5 Å². The number of nitrogens with zero attached hydrogens (tertiary/aromatic N) is 4. The van der Waals surface area contributed by atoms with Crippen molar-refractivity contribution in [3.05, 3.63) is 47.0 Å². The maximum absolute atomic E-state index is 5.02. The monoisotopic (exact) mass is 379 g/mol. The molecule has 1 N–H and O–H groups in total. The number of methoxy groups -OCH3 is 1. The minimum Gasteiger partial charge on any atom is -0.384 e. The highest BCUT2D eigenvalue weighted by Gasteiger charge is 2.07. The Balaban J connectivity index is 1.72. The Bertz CT molecular complexity index is 757. The van der Waals surface area contributed by atoms with Gasteiger partial charge in [0.15, 0.2) is 0 Å². The summed E-state index contributed by atoms with van der Waals surface area (Å²) in [5, 5.41) is 8.32. The van der Waals surface area contributed by atoms with E-state index in [2.05, 4.69) is 35.7 Å². The maximum Gasteiger partial charge on any atom is 0.207 e. The molecule has 2 aromatic heterocycles. The van der Waals surface area contributed by atoms with Crippen LogP contribution in [0.25, 0.3) is 5.69 Å². The Kier molecular flexibility index (Phi) is 4.81. The zero-order valence-electron chi connectivity index (χ0n) is 11.9. The topological polar surface area (TPSA) is 64.9 Å². The quantitative estimate of drug-likeness (QED) is 0.710. The number of anilines is 2. The van der Waals surface area contributed by atoms with Crippen LogP contribution in [0.1, 0.15) is 5.82 Å². The fourth-order valence-corrected chi connectivity index (χ4v) is 2.98. The fourth-order valence-electron chi connectivity index (χ4n) is 1.88. The Hall–Kier alpha value is -1.77. The number of rotatable bonds is 6. The molecule has 2 heterocycles. The zero-order chi connectivity index (χ0) is 15.4. The van der Waals surface area contributed by atoms with E-state index in [1.54, 1.807) is 18.0 Å². The SMILES string of the molecule is COCCc1nsc(Nc2cnn(-c3ccccc3Br)c2)n1. The molecule has 0 aliphatic rings. The molecule has 22 heavy (non-hydrogen) atoms. The van der Waals surface area contributed by atoms with Crippen LogP contribution in [0.5, 0.6) is 0 Å². The molecule has 114 valence electrons. The van der Waals surface area contributed by atoms with Crippen molar-refractivity contribution in [2.24, 2.45) is 0 Å². The molecule has 3 rings (SSSR count). The third-order valence-corrected chi connectivity index (χ3v) is 4.27. The van der Waals surface area contributed by atoms with Gasteiger partial charge in [-0.25, -0.2) is 9.67 Å². The second kappa shape index (κ2) is 6.99. The first-order valence-electron chi connectivity index (χ1n) is 6.64. The lowest BCUT2D eigenvalue weighted by Crippen LogP contribution is -1.97. The number of hydrogen-bond acceptors (Lipinski definition) is 6. The number of benzene rings is 1. The van der Waals surface area contributed by atoms with Crippen LogP contribution in [0.3, 0.4) is 0 Å². The van der Waals surface area contributed by atoms with Gasteiger partial charge in [0.2, 0.25) is 5.13 Å². The summed E-state index contributed by atoms with van der Waals surface area (Å²) in [6, 6.07) is 7.92. The van der Waals surface area contributed by atoms with E-state index in [4.69, 9.17) is 4.74 Å². The smallest absolute Gasteiger partial charge is 0.207 e. The summed E-state index contributed by atoms with van der Waals surface area (Å²) >= 11 is 4.85. The Labute approximate surface area is 140 Å². The van der Waals surface area contributed by atoms with E-state index < -0.39 is 0 Å². The first-order chi connectivity index (χ1) is 10.8. The Morgan fingerprint density at radius 1 is 1.36 bits per heavy atom. The predicted octanol–water partition coefficient (Wildman–Crippen LogP) is 3.42. The van der Waals surface area contributed by atoms with Crippen LogP contribution in [0.2, 0.25) is 0 Å². The van der Waals surface area contributed by atoms with Crippen LogP contribution in [-0.2, 0) is 11.2 Å². The van der Waals surface area contributed by atoms with Crippen molar-refractivity contribution in [1.29, 1.82) is 0 Å². The van der Waals surface area contributed by atoms with Gasteiger partial charge >= 0.3 is 0 Å². The van der Waals surface area contributed by atoms with E-state index in [0.717, 1.165) is 26.8 Å². The zero-order valence-corrected chi connectivity index (χ0v) is 14.3. The second-order valence-electron chi connectivity index (χ2n) is 4.51. The average molecular weight is 380 g/mol. The van der Waals surface area contributed by atoms with Crippen molar-refractivity contribution in [1.82, 2.24) is 19.1 Å². The van der Waals surface area contributed by atoms with E-state index in [0.29, 0.717) is 13.0 Å². The molecule has 0 saturated heterocycles. The van der Waals surface area contributed by atoms with Crippen LogP contribution in [0, 0.1) is 0 Å². The van der Waals surface area contributed by atoms with Crippen molar-refractivity contribution in [3.8, 4) is 5.69 Å². The summed E-state index contributed by atoms with van der Waals surface area (Å²) in [6.45, 7) is 0.621.